The Labute approximate surface area is 156 Å². The molecule has 4 rings (SSSR count). The van der Waals surface area contributed by atoms with Crippen LogP contribution >= 0.6 is 11.6 Å². The molecule has 0 spiro atoms. The summed E-state index contributed by atoms with van der Waals surface area (Å²) < 4.78 is 0. The van der Waals surface area contributed by atoms with E-state index in [4.69, 9.17) is 28.1 Å². The Hall–Kier alpha value is -2.64. The molecular formula is C18H20ClN7. The first-order valence-electron chi connectivity index (χ1n) is 8.50. The summed E-state index contributed by atoms with van der Waals surface area (Å²) in [5, 5.41) is 1.75. The van der Waals surface area contributed by atoms with E-state index in [1.807, 2.05) is 18.2 Å². The second-order valence-electron chi connectivity index (χ2n) is 6.39. The molecular weight excluding hydrogens is 350 g/mol. The zero-order valence-electron chi connectivity index (χ0n) is 14.3. The van der Waals surface area contributed by atoms with Crippen molar-refractivity contribution in [1.29, 1.82) is 0 Å². The van der Waals surface area contributed by atoms with Gasteiger partial charge in [0.15, 0.2) is 0 Å². The summed E-state index contributed by atoms with van der Waals surface area (Å²) in [6, 6.07) is 11.7. The van der Waals surface area contributed by atoms with Gasteiger partial charge in [-0.25, -0.2) is 4.98 Å². The third-order valence-electron chi connectivity index (χ3n) is 4.56. The van der Waals surface area contributed by atoms with Gasteiger partial charge < -0.3 is 16.4 Å². The van der Waals surface area contributed by atoms with Crippen LogP contribution < -0.4 is 16.4 Å². The molecule has 0 bridgehead atoms. The standard InChI is InChI=1S/C18H20ClN7/c19-14-3-1-2-12-4-5-13(22-17(12)14)11-25-6-8-26(9-7-25)16-10-15(20)23-18(21)24-16/h1-5,10H,6-9,11H2,(H4,20,21,23,24). The van der Waals surface area contributed by atoms with Gasteiger partial charge in [-0.15, -0.1) is 0 Å². The number of benzene rings is 1. The number of fused-ring (bicyclic) bond motifs is 1. The van der Waals surface area contributed by atoms with Gasteiger partial charge in [0.1, 0.15) is 11.6 Å². The summed E-state index contributed by atoms with van der Waals surface area (Å²) in [6.45, 7) is 4.32. The Morgan fingerprint density at radius 3 is 2.54 bits per heavy atom. The van der Waals surface area contributed by atoms with Gasteiger partial charge in [0.05, 0.1) is 16.2 Å². The maximum absolute atomic E-state index is 6.27. The quantitative estimate of drug-likeness (QED) is 0.730. The number of pyridine rings is 1. The number of halogens is 1. The smallest absolute Gasteiger partial charge is 0.223 e. The Kier molecular flexibility index (Phi) is 4.48. The maximum atomic E-state index is 6.27. The summed E-state index contributed by atoms with van der Waals surface area (Å²) in [5.41, 5.74) is 13.3. The number of aromatic nitrogens is 3. The molecule has 8 heteroatoms. The summed E-state index contributed by atoms with van der Waals surface area (Å²) >= 11 is 6.27. The van der Waals surface area contributed by atoms with E-state index in [2.05, 4.69) is 31.9 Å². The first-order valence-corrected chi connectivity index (χ1v) is 8.88. The molecule has 134 valence electrons. The molecule has 4 N–H and O–H groups in total. The number of nitrogens with two attached hydrogens (primary N) is 2. The van der Waals surface area contributed by atoms with Gasteiger partial charge in [-0.05, 0) is 12.1 Å². The molecule has 1 fully saturated rings. The number of nitrogen functional groups attached to an aromatic ring is 2. The lowest BCUT2D eigenvalue weighted by molar-refractivity contribution is 0.247. The molecule has 26 heavy (non-hydrogen) atoms. The molecule has 0 atom stereocenters. The van der Waals surface area contributed by atoms with Gasteiger partial charge in [0, 0.05) is 44.2 Å². The van der Waals surface area contributed by atoms with Crippen molar-refractivity contribution in [2.75, 3.05) is 42.5 Å². The minimum absolute atomic E-state index is 0.208. The predicted octanol–water partition coefficient (Wildman–Crippen LogP) is 2.16. The van der Waals surface area contributed by atoms with Gasteiger partial charge in [0.2, 0.25) is 5.95 Å². The normalized spacial score (nSPS) is 15.5. The van der Waals surface area contributed by atoms with E-state index in [1.165, 1.54) is 0 Å². The van der Waals surface area contributed by atoms with E-state index < -0.39 is 0 Å². The zero-order chi connectivity index (χ0) is 18.1. The van der Waals surface area contributed by atoms with Crippen molar-refractivity contribution in [3.8, 4) is 0 Å². The first kappa shape index (κ1) is 16.8. The fourth-order valence-corrected chi connectivity index (χ4v) is 3.46. The molecule has 0 aliphatic carbocycles. The zero-order valence-corrected chi connectivity index (χ0v) is 15.0. The molecule has 0 unspecified atom stereocenters. The van der Waals surface area contributed by atoms with Crippen LogP contribution in [0.4, 0.5) is 17.6 Å². The number of para-hydroxylation sites is 1. The molecule has 1 aliphatic rings. The summed E-state index contributed by atoms with van der Waals surface area (Å²) in [4.78, 5) is 17.5. The first-order chi connectivity index (χ1) is 12.6. The fourth-order valence-electron chi connectivity index (χ4n) is 3.24. The maximum Gasteiger partial charge on any atom is 0.223 e. The molecule has 0 amide bonds. The monoisotopic (exact) mass is 369 g/mol. The van der Waals surface area contributed by atoms with Gasteiger partial charge in [-0.3, -0.25) is 4.90 Å². The summed E-state index contributed by atoms with van der Waals surface area (Å²) in [5.74, 6) is 1.39. The molecule has 7 nitrogen and oxygen atoms in total. The number of piperazine rings is 1. The minimum atomic E-state index is 0.208. The van der Waals surface area contributed by atoms with Crippen molar-refractivity contribution >= 4 is 40.1 Å². The SMILES string of the molecule is Nc1cc(N2CCN(Cc3ccc4cccc(Cl)c4n3)CC2)nc(N)n1. The average molecular weight is 370 g/mol. The van der Waals surface area contributed by atoms with E-state index in [-0.39, 0.29) is 5.95 Å². The van der Waals surface area contributed by atoms with E-state index in [0.717, 1.165) is 55.1 Å². The molecule has 1 aromatic carbocycles. The van der Waals surface area contributed by atoms with Crippen molar-refractivity contribution in [2.45, 2.75) is 6.54 Å². The molecule has 0 radical (unpaired) electrons. The third kappa shape index (κ3) is 3.49. The van der Waals surface area contributed by atoms with Crippen LogP contribution in [0.3, 0.4) is 0 Å². The van der Waals surface area contributed by atoms with Crippen LogP contribution in [-0.2, 0) is 6.54 Å². The van der Waals surface area contributed by atoms with Crippen molar-refractivity contribution < 1.29 is 0 Å². The largest absolute Gasteiger partial charge is 0.383 e. The van der Waals surface area contributed by atoms with E-state index in [1.54, 1.807) is 6.07 Å². The van der Waals surface area contributed by atoms with Gasteiger partial charge >= 0.3 is 0 Å². The Balaban J connectivity index is 1.43. The van der Waals surface area contributed by atoms with Crippen LogP contribution in [0.2, 0.25) is 5.02 Å². The van der Waals surface area contributed by atoms with Crippen LogP contribution in [0, 0.1) is 0 Å². The molecule has 2 aromatic heterocycles. The Bertz CT molecular complexity index is 918. The highest BCUT2D eigenvalue weighted by molar-refractivity contribution is 6.35. The van der Waals surface area contributed by atoms with Gasteiger partial charge in [-0.2, -0.15) is 9.97 Å². The molecule has 3 heterocycles. The minimum Gasteiger partial charge on any atom is -0.383 e. The van der Waals surface area contributed by atoms with Crippen molar-refractivity contribution in [2.24, 2.45) is 0 Å². The lowest BCUT2D eigenvalue weighted by atomic mass is 10.2. The van der Waals surface area contributed by atoms with E-state index >= 15 is 0 Å². The average Bonchev–Trinajstić information content (AvgIpc) is 2.62. The molecule has 1 aliphatic heterocycles. The summed E-state index contributed by atoms with van der Waals surface area (Å²) in [6.07, 6.45) is 0. The third-order valence-corrected chi connectivity index (χ3v) is 4.87. The fraction of sp³-hybridized carbons (Fsp3) is 0.278. The lowest BCUT2D eigenvalue weighted by Gasteiger charge is -2.35. The highest BCUT2D eigenvalue weighted by Crippen LogP contribution is 2.22. The number of hydrogen-bond acceptors (Lipinski definition) is 7. The highest BCUT2D eigenvalue weighted by Gasteiger charge is 2.19. The number of hydrogen-bond donors (Lipinski definition) is 2. The van der Waals surface area contributed by atoms with Crippen LogP contribution in [0.25, 0.3) is 10.9 Å². The van der Waals surface area contributed by atoms with Crippen LogP contribution in [0.15, 0.2) is 36.4 Å². The molecule has 0 saturated carbocycles. The summed E-state index contributed by atoms with van der Waals surface area (Å²) in [7, 11) is 0. The van der Waals surface area contributed by atoms with Gasteiger partial charge in [0.25, 0.3) is 0 Å². The number of anilines is 3. The molecule has 1 saturated heterocycles. The van der Waals surface area contributed by atoms with Crippen LogP contribution in [0.1, 0.15) is 5.69 Å². The lowest BCUT2D eigenvalue weighted by Crippen LogP contribution is -2.46. The van der Waals surface area contributed by atoms with Crippen LogP contribution in [0.5, 0.6) is 0 Å². The predicted molar refractivity (Wildman–Crippen MR) is 105 cm³/mol. The number of nitrogens with zero attached hydrogens (tertiary/aromatic N) is 5. The highest BCUT2D eigenvalue weighted by atomic mass is 35.5. The van der Waals surface area contributed by atoms with E-state index in [0.29, 0.717) is 10.8 Å². The Morgan fingerprint density at radius 2 is 1.77 bits per heavy atom. The number of rotatable bonds is 3. The van der Waals surface area contributed by atoms with Gasteiger partial charge in [-0.1, -0.05) is 29.8 Å². The second-order valence-corrected chi connectivity index (χ2v) is 6.79. The Morgan fingerprint density at radius 1 is 0.962 bits per heavy atom. The van der Waals surface area contributed by atoms with Crippen molar-refractivity contribution in [3.63, 3.8) is 0 Å². The second kappa shape index (κ2) is 6.93. The molecule has 3 aromatic rings. The topological polar surface area (TPSA) is 97.2 Å². The van der Waals surface area contributed by atoms with Crippen molar-refractivity contribution in [3.05, 3.63) is 47.1 Å². The van der Waals surface area contributed by atoms with Crippen LogP contribution in [-0.4, -0.2) is 46.0 Å². The van der Waals surface area contributed by atoms with E-state index in [9.17, 15) is 0 Å². The van der Waals surface area contributed by atoms with Crippen molar-refractivity contribution in [1.82, 2.24) is 19.9 Å².